The van der Waals surface area contributed by atoms with Crippen LogP contribution in [0.3, 0.4) is 0 Å². The van der Waals surface area contributed by atoms with Crippen molar-refractivity contribution in [2.75, 3.05) is 39.5 Å². The summed E-state index contributed by atoms with van der Waals surface area (Å²) in [5.41, 5.74) is -0.413. The molecule has 2 heterocycles. The number of morpholine rings is 1. The maximum Gasteiger partial charge on any atom is 0.338 e. The summed E-state index contributed by atoms with van der Waals surface area (Å²) in [6.07, 6.45) is -0.206. The van der Waals surface area contributed by atoms with E-state index in [1.165, 1.54) is 6.07 Å². The Morgan fingerprint density at radius 3 is 2.81 bits per heavy atom. The zero-order chi connectivity index (χ0) is 14.8. The van der Waals surface area contributed by atoms with Crippen LogP contribution in [0.5, 0.6) is 11.5 Å². The third-order valence-electron chi connectivity index (χ3n) is 3.55. The van der Waals surface area contributed by atoms with Crippen molar-refractivity contribution in [3.05, 3.63) is 23.5 Å². The molecular formula is C14H16FNO5. The number of fused-ring (bicyclic) bond motifs is 1. The minimum atomic E-state index is -1.32. The van der Waals surface area contributed by atoms with E-state index in [9.17, 15) is 9.18 Å². The van der Waals surface area contributed by atoms with Crippen LogP contribution in [0.1, 0.15) is 10.4 Å². The van der Waals surface area contributed by atoms with Crippen LogP contribution in [-0.4, -0.2) is 61.5 Å². The van der Waals surface area contributed by atoms with Gasteiger partial charge in [-0.2, -0.15) is 0 Å². The first-order valence-corrected chi connectivity index (χ1v) is 6.80. The monoisotopic (exact) mass is 297 g/mol. The number of carboxylic acids is 1. The molecule has 1 fully saturated rings. The zero-order valence-electron chi connectivity index (χ0n) is 11.4. The van der Waals surface area contributed by atoms with Gasteiger partial charge in [-0.1, -0.05) is 0 Å². The Labute approximate surface area is 121 Å². The molecule has 0 aromatic heterocycles. The lowest BCUT2D eigenvalue weighted by molar-refractivity contribution is 0.00296. The third kappa shape index (κ3) is 3.08. The van der Waals surface area contributed by atoms with E-state index < -0.39 is 17.3 Å². The Morgan fingerprint density at radius 1 is 1.33 bits per heavy atom. The van der Waals surface area contributed by atoms with E-state index in [0.717, 1.165) is 19.2 Å². The van der Waals surface area contributed by atoms with Crippen molar-refractivity contribution < 1.29 is 28.5 Å². The Kier molecular flexibility index (Phi) is 3.94. The molecule has 0 unspecified atom stereocenters. The van der Waals surface area contributed by atoms with Crippen molar-refractivity contribution >= 4 is 5.97 Å². The van der Waals surface area contributed by atoms with Crippen LogP contribution in [-0.2, 0) is 4.74 Å². The number of halogens is 1. The highest BCUT2D eigenvalue weighted by Gasteiger charge is 2.26. The lowest BCUT2D eigenvalue weighted by atomic mass is 10.1. The van der Waals surface area contributed by atoms with Gasteiger partial charge in [0.05, 0.1) is 18.8 Å². The van der Waals surface area contributed by atoms with Gasteiger partial charge in [0.1, 0.15) is 18.5 Å². The zero-order valence-corrected chi connectivity index (χ0v) is 11.4. The molecule has 2 aliphatic rings. The Bertz CT molecular complexity index is 544. The normalized spacial score (nSPS) is 22.0. The van der Waals surface area contributed by atoms with Crippen LogP contribution in [0.15, 0.2) is 12.1 Å². The number of nitrogens with zero attached hydrogens (tertiary/aromatic N) is 1. The molecule has 1 N–H and O–H groups in total. The second kappa shape index (κ2) is 5.87. The van der Waals surface area contributed by atoms with Gasteiger partial charge in [0.15, 0.2) is 11.5 Å². The number of carboxylic acid groups (broad SMARTS) is 1. The number of hydrogen-bond donors (Lipinski definition) is 1. The minimum absolute atomic E-state index is 0.206. The van der Waals surface area contributed by atoms with Gasteiger partial charge in [0.2, 0.25) is 0 Å². The van der Waals surface area contributed by atoms with Crippen molar-refractivity contribution in [3.8, 4) is 11.5 Å². The molecule has 2 aliphatic heterocycles. The van der Waals surface area contributed by atoms with Crippen molar-refractivity contribution in [1.82, 2.24) is 4.90 Å². The molecule has 1 aromatic carbocycles. The third-order valence-corrected chi connectivity index (χ3v) is 3.55. The van der Waals surface area contributed by atoms with Gasteiger partial charge < -0.3 is 19.3 Å². The fraction of sp³-hybridized carbons (Fsp3) is 0.500. The smallest absolute Gasteiger partial charge is 0.338 e. The molecule has 1 saturated heterocycles. The summed E-state index contributed by atoms with van der Waals surface area (Å²) in [4.78, 5) is 13.1. The van der Waals surface area contributed by atoms with Gasteiger partial charge in [0.25, 0.3) is 0 Å². The number of rotatable bonds is 3. The van der Waals surface area contributed by atoms with Crippen LogP contribution in [0, 0.1) is 5.82 Å². The van der Waals surface area contributed by atoms with Crippen molar-refractivity contribution in [3.63, 3.8) is 0 Å². The standard InChI is InChI=1S/C14H16FNO5/c15-11-6-12-13(5-10(11)14(17)18)21-9(8-20-12)7-16-1-3-19-4-2-16/h5-6,9H,1-4,7-8H2,(H,17,18)/t9-/m1/s1. The largest absolute Gasteiger partial charge is 0.486 e. The van der Waals surface area contributed by atoms with E-state index in [2.05, 4.69) is 4.90 Å². The van der Waals surface area contributed by atoms with Crippen molar-refractivity contribution in [2.45, 2.75) is 6.10 Å². The van der Waals surface area contributed by atoms with Crippen LogP contribution < -0.4 is 9.47 Å². The molecule has 21 heavy (non-hydrogen) atoms. The first-order valence-electron chi connectivity index (χ1n) is 6.80. The lowest BCUT2D eigenvalue weighted by Crippen LogP contribution is -2.45. The average Bonchev–Trinajstić information content (AvgIpc) is 2.47. The number of ether oxygens (including phenoxy) is 3. The first kappa shape index (κ1) is 14.1. The summed E-state index contributed by atoms with van der Waals surface area (Å²) < 4.78 is 30.1. The summed E-state index contributed by atoms with van der Waals surface area (Å²) >= 11 is 0. The summed E-state index contributed by atoms with van der Waals surface area (Å²) in [6, 6.07) is 2.24. The molecule has 0 bridgehead atoms. The minimum Gasteiger partial charge on any atom is -0.486 e. The summed E-state index contributed by atoms with van der Waals surface area (Å²) in [5, 5.41) is 8.94. The maximum absolute atomic E-state index is 13.6. The van der Waals surface area contributed by atoms with Gasteiger partial charge in [-0.15, -0.1) is 0 Å². The van der Waals surface area contributed by atoms with Gasteiger partial charge >= 0.3 is 5.97 Å². The van der Waals surface area contributed by atoms with Crippen molar-refractivity contribution in [1.29, 1.82) is 0 Å². The first-order chi connectivity index (χ1) is 10.1. The van der Waals surface area contributed by atoms with E-state index in [4.69, 9.17) is 19.3 Å². The number of benzene rings is 1. The molecule has 1 aromatic rings. The van der Waals surface area contributed by atoms with Gasteiger partial charge in [-0.3, -0.25) is 4.90 Å². The van der Waals surface area contributed by atoms with E-state index in [1.54, 1.807) is 0 Å². The SMILES string of the molecule is O=C(O)c1cc2c(cc1F)OC[C@@H](CN1CCOCC1)O2. The van der Waals surface area contributed by atoms with Crippen LogP contribution >= 0.6 is 0 Å². The number of carbonyl (C=O) groups is 1. The second-order valence-corrected chi connectivity index (χ2v) is 5.05. The van der Waals surface area contributed by atoms with Gasteiger partial charge in [-0.05, 0) is 0 Å². The predicted molar refractivity (Wildman–Crippen MR) is 70.5 cm³/mol. The highest BCUT2D eigenvalue weighted by atomic mass is 19.1. The highest BCUT2D eigenvalue weighted by molar-refractivity contribution is 5.88. The van der Waals surface area contributed by atoms with E-state index in [0.29, 0.717) is 26.4 Å². The summed E-state index contributed by atoms with van der Waals surface area (Å²) in [7, 11) is 0. The van der Waals surface area contributed by atoms with Crippen molar-refractivity contribution in [2.24, 2.45) is 0 Å². The molecular weight excluding hydrogens is 281 g/mol. The van der Waals surface area contributed by atoms with E-state index in [-0.39, 0.29) is 17.6 Å². The second-order valence-electron chi connectivity index (χ2n) is 5.05. The topological polar surface area (TPSA) is 68.2 Å². The van der Waals surface area contributed by atoms with E-state index in [1.807, 2.05) is 0 Å². The molecule has 0 spiro atoms. The molecule has 0 amide bonds. The highest BCUT2D eigenvalue weighted by Crippen LogP contribution is 2.34. The quantitative estimate of drug-likeness (QED) is 0.897. The molecule has 6 nitrogen and oxygen atoms in total. The van der Waals surface area contributed by atoms with Gasteiger partial charge in [0, 0.05) is 31.8 Å². The average molecular weight is 297 g/mol. The molecule has 0 aliphatic carbocycles. The van der Waals surface area contributed by atoms with Crippen LogP contribution in [0.2, 0.25) is 0 Å². The van der Waals surface area contributed by atoms with Crippen LogP contribution in [0.4, 0.5) is 4.39 Å². The Balaban J connectivity index is 1.71. The molecule has 0 radical (unpaired) electrons. The predicted octanol–water partition coefficient (Wildman–Crippen LogP) is 0.996. The number of hydrogen-bond acceptors (Lipinski definition) is 5. The van der Waals surface area contributed by atoms with E-state index >= 15 is 0 Å². The summed E-state index contributed by atoms with van der Waals surface area (Å²) in [5.74, 6) is -1.63. The van der Waals surface area contributed by atoms with Crippen LogP contribution in [0.25, 0.3) is 0 Å². The Morgan fingerprint density at radius 2 is 2.10 bits per heavy atom. The molecule has 114 valence electrons. The molecule has 3 rings (SSSR count). The maximum atomic E-state index is 13.6. The fourth-order valence-corrected chi connectivity index (χ4v) is 2.46. The Hall–Kier alpha value is -1.86. The fourth-order valence-electron chi connectivity index (χ4n) is 2.46. The molecule has 7 heteroatoms. The number of aromatic carboxylic acids is 1. The summed E-state index contributed by atoms with van der Waals surface area (Å²) in [6.45, 7) is 4.03. The lowest BCUT2D eigenvalue weighted by Gasteiger charge is -2.33. The van der Waals surface area contributed by atoms with Gasteiger partial charge in [-0.25, -0.2) is 9.18 Å². The molecule has 1 atom stereocenters. The molecule has 0 saturated carbocycles.